The lowest BCUT2D eigenvalue weighted by Gasteiger charge is -2.27. The number of carbonyl (C=O) groups is 1. The molecule has 134 valence electrons. The molecule has 9 heteroatoms. The van der Waals surface area contributed by atoms with E-state index in [4.69, 9.17) is 4.74 Å². The number of esters is 1. The molecule has 4 atom stereocenters. The lowest BCUT2D eigenvalue weighted by Crippen LogP contribution is -2.46. The van der Waals surface area contributed by atoms with Gasteiger partial charge >= 0.3 is 5.97 Å². The predicted molar refractivity (Wildman–Crippen MR) is 88.1 cm³/mol. The Kier molecular flexibility index (Phi) is 4.61. The zero-order chi connectivity index (χ0) is 18.2. The van der Waals surface area contributed by atoms with Crippen LogP contribution in [0.15, 0.2) is 41.3 Å². The Bertz CT molecular complexity index is 835. The van der Waals surface area contributed by atoms with Gasteiger partial charge in [0.2, 0.25) is 10.0 Å². The SMILES string of the molecule is CCOC(=O)[C@H]1[C@@H](NS(=O)(=O)c2ccccc2[N+](=O)[O-])[C@H]2C=C[C@@H]1C2. The van der Waals surface area contributed by atoms with E-state index in [1.165, 1.54) is 18.2 Å². The van der Waals surface area contributed by atoms with Crippen molar-refractivity contribution in [1.82, 2.24) is 4.72 Å². The summed E-state index contributed by atoms with van der Waals surface area (Å²) in [5.41, 5.74) is -0.499. The zero-order valence-electron chi connectivity index (χ0n) is 13.5. The van der Waals surface area contributed by atoms with Gasteiger partial charge in [-0.15, -0.1) is 0 Å². The van der Waals surface area contributed by atoms with Crippen LogP contribution in [0.3, 0.4) is 0 Å². The number of carbonyl (C=O) groups excluding carboxylic acids is 1. The molecule has 8 nitrogen and oxygen atoms in total. The van der Waals surface area contributed by atoms with Crippen molar-refractivity contribution in [1.29, 1.82) is 0 Å². The molecule has 0 amide bonds. The number of rotatable bonds is 6. The lowest BCUT2D eigenvalue weighted by atomic mass is 9.89. The Balaban J connectivity index is 1.91. The number of hydrogen-bond donors (Lipinski definition) is 1. The molecule has 1 N–H and O–H groups in total. The van der Waals surface area contributed by atoms with Gasteiger partial charge in [0.1, 0.15) is 0 Å². The van der Waals surface area contributed by atoms with Crippen LogP contribution in [-0.2, 0) is 19.6 Å². The van der Waals surface area contributed by atoms with Crippen LogP contribution in [0.4, 0.5) is 5.69 Å². The highest BCUT2D eigenvalue weighted by molar-refractivity contribution is 7.89. The molecule has 1 saturated carbocycles. The largest absolute Gasteiger partial charge is 0.466 e. The van der Waals surface area contributed by atoms with Gasteiger partial charge in [-0.05, 0) is 31.2 Å². The third kappa shape index (κ3) is 3.16. The Morgan fingerprint density at radius 2 is 2.00 bits per heavy atom. The van der Waals surface area contributed by atoms with E-state index in [2.05, 4.69) is 4.72 Å². The Morgan fingerprint density at radius 1 is 1.32 bits per heavy atom. The first kappa shape index (κ1) is 17.6. The molecule has 1 aromatic rings. The van der Waals surface area contributed by atoms with Crippen LogP contribution < -0.4 is 4.72 Å². The van der Waals surface area contributed by atoms with Gasteiger partial charge in [0.25, 0.3) is 5.69 Å². The van der Waals surface area contributed by atoms with Crippen molar-refractivity contribution in [2.24, 2.45) is 17.8 Å². The standard InChI is InChI=1S/C16H18N2O6S/c1-2-24-16(19)14-10-7-8-11(9-10)15(14)17-25(22,23)13-6-4-3-5-12(13)18(20)21/h3-8,10-11,14-15,17H,2,9H2,1H3/t10-,11+,14-,15+/m1/s1. The van der Waals surface area contributed by atoms with Gasteiger partial charge in [-0.2, -0.15) is 0 Å². The summed E-state index contributed by atoms with van der Waals surface area (Å²) in [5, 5.41) is 11.1. The summed E-state index contributed by atoms with van der Waals surface area (Å²) in [6.45, 7) is 1.90. The smallest absolute Gasteiger partial charge is 0.311 e. The third-order valence-corrected chi connectivity index (χ3v) is 6.17. The summed E-state index contributed by atoms with van der Waals surface area (Å²) >= 11 is 0. The van der Waals surface area contributed by atoms with Crippen molar-refractivity contribution >= 4 is 21.7 Å². The molecule has 0 aliphatic heterocycles. The number of nitrogens with zero attached hydrogens (tertiary/aromatic N) is 1. The number of fused-ring (bicyclic) bond motifs is 2. The van der Waals surface area contributed by atoms with E-state index < -0.39 is 43.5 Å². The normalized spacial score (nSPS) is 27.4. The van der Waals surface area contributed by atoms with Crippen molar-refractivity contribution in [2.75, 3.05) is 6.61 Å². The predicted octanol–water partition coefficient (Wildman–Crippen LogP) is 1.63. The van der Waals surface area contributed by atoms with E-state index in [1.807, 2.05) is 12.2 Å². The van der Waals surface area contributed by atoms with Crippen LogP contribution in [0.2, 0.25) is 0 Å². The van der Waals surface area contributed by atoms with Crippen LogP contribution in [0.1, 0.15) is 13.3 Å². The molecule has 2 aliphatic carbocycles. The van der Waals surface area contributed by atoms with E-state index in [0.717, 1.165) is 6.07 Å². The number of benzene rings is 1. The van der Waals surface area contributed by atoms with Gasteiger partial charge < -0.3 is 4.74 Å². The Morgan fingerprint density at radius 3 is 2.68 bits per heavy atom. The number of para-hydroxylation sites is 1. The van der Waals surface area contributed by atoms with Gasteiger partial charge in [0, 0.05) is 12.1 Å². The van der Waals surface area contributed by atoms with Crippen LogP contribution >= 0.6 is 0 Å². The maximum Gasteiger partial charge on any atom is 0.311 e. The van der Waals surface area contributed by atoms with Gasteiger partial charge in [0.05, 0.1) is 17.4 Å². The molecular weight excluding hydrogens is 348 g/mol. The van der Waals surface area contributed by atoms with Crippen molar-refractivity contribution in [2.45, 2.75) is 24.3 Å². The Labute approximate surface area is 145 Å². The molecule has 0 radical (unpaired) electrons. The number of hydrogen-bond acceptors (Lipinski definition) is 6. The highest BCUT2D eigenvalue weighted by Gasteiger charge is 2.50. The molecule has 0 saturated heterocycles. The fourth-order valence-corrected chi connectivity index (χ4v) is 5.10. The molecule has 3 rings (SSSR count). The second kappa shape index (κ2) is 6.57. The molecule has 0 heterocycles. The number of ether oxygens (including phenoxy) is 1. The topological polar surface area (TPSA) is 116 Å². The van der Waals surface area contributed by atoms with Gasteiger partial charge in [-0.3, -0.25) is 14.9 Å². The molecule has 0 spiro atoms. The fraction of sp³-hybridized carbons (Fsp3) is 0.438. The van der Waals surface area contributed by atoms with Gasteiger partial charge in [0.15, 0.2) is 4.90 Å². The highest BCUT2D eigenvalue weighted by atomic mass is 32.2. The first-order valence-electron chi connectivity index (χ1n) is 7.96. The molecular formula is C16H18N2O6S. The average molecular weight is 366 g/mol. The minimum Gasteiger partial charge on any atom is -0.466 e. The minimum atomic E-state index is -4.16. The number of nitrogens with one attached hydrogen (secondary N) is 1. The maximum atomic E-state index is 12.7. The number of sulfonamides is 1. The number of nitro groups is 1. The summed E-state index contributed by atoms with van der Waals surface area (Å²) in [6.07, 6.45) is 4.45. The first-order chi connectivity index (χ1) is 11.8. The van der Waals surface area contributed by atoms with Crippen molar-refractivity contribution in [3.05, 3.63) is 46.5 Å². The zero-order valence-corrected chi connectivity index (χ0v) is 14.3. The van der Waals surface area contributed by atoms with Crippen molar-refractivity contribution < 1.29 is 22.9 Å². The maximum absolute atomic E-state index is 12.7. The van der Waals surface area contributed by atoms with Crippen LogP contribution in [0, 0.1) is 27.9 Å². The minimum absolute atomic E-state index is 0.0810. The first-order valence-corrected chi connectivity index (χ1v) is 9.44. The molecule has 1 aromatic carbocycles. The van der Waals surface area contributed by atoms with Crippen molar-refractivity contribution in [3.63, 3.8) is 0 Å². The quantitative estimate of drug-likeness (QED) is 0.354. The van der Waals surface area contributed by atoms with Gasteiger partial charge in [-0.1, -0.05) is 24.3 Å². The summed E-state index contributed by atoms with van der Waals surface area (Å²) in [7, 11) is -4.16. The summed E-state index contributed by atoms with van der Waals surface area (Å²) in [4.78, 5) is 22.2. The number of nitro benzene ring substituents is 1. The van der Waals surface area contributed by atoms with E-state index in [0.29, 0.717) is 6.42 Å². The van der Waals surface area contributed by atoms with E-state index in [9.17, 15) is 23.3 Å². The molecule has 0 aromatic heterocycles. The second-order valence-corrected chi connectivity index (χ2v) is 7.78. The molecule has 2 aliphatic rings. The summed E-state index contributed by atoms with van der Waals surface area (Å²) in [6, 6.07) is 4.48. The Hall–Kier alpha value is -2.26. The molecule has 25 heavy (non-hydrogen) atoms. The van der Waals surface area contributed by atoms with E-state index in [1.54, 1.807) is 6.92 Å². The van der Waals surface area contributed by atoms with Crippen molar-refractivity contribution in [3.8, 4) is 0 Å². The van der Waals surface area contributed by atoms with Crippen LogP contribution in [-0.4, -0.2) is 32.0 Å². The summed E-state index contributed by atoms with van der Waals surface area (Å²) < 4.78 is 33.0. The van der Waals surface area contributed by atoms with Crippen LogP contribution in [0.25, 0.3) is 0 Å². The number of allylic oxidation sites excluding steroid dienone is 1. The highest BCUT2D eigenvalue weighted by Crippen LogP contribution is 2.45. The molecule has 1 fully saturated rings. The monoisotopic (exact) mass is 366 g/mol. The third-order valence-electron chi connectivity index (χ3n) is 4.66. The average Bonchev–Trinajstić information content (AvgIpc) is 3.16. The molecule has 2 bridgehead atoms. The second-order valence-electron chi connectivity index (χ2n) is 6.10. The summed E-state index contributed by atoms with van der Waals surface area (Å²) in [5.74, 6) is -1.28. The van der Waals surface area contributed by atoms with Gasteiger partial charge in [-0.25, -0.2) is 13.1 Å². The lowest BCUT2D eigenvalue weighted by molar-refractivity contribution is -0.387. The molecule has 0 unspecified atom stereocenters. The van der Waals surface area contributed by atoms with Crippen LogP contribution in [0.5, 0.6) is 0 Å². The van der Waals surface area contributed by atoms with E-state index >= 15 is 0 Å². The van der Waals surface area contributed by atoms with E-state index in [-0.39, 0.29) is 18.4 Å². The fourth-order valence-electron chi connectivity index (χ4n) is 3.62.